The van der Waals surface area contributed by atoms with E-state index in [1.807, 2.05) is 0 Å². The van der Waals surface area contributed by atoms with Crippen molar-refractivity contribution in [3.8, 4) is 11.3 Å². The lowest BCUT2D eigenvalue weighted by Gasteiger charge is -2.02. The van der Waals surface area contributed by atoms with Gasteiger partial charge in [-0.1, -0.05) is 0 Å². The van der Waals surface area contributed by atoms with E-state index in [0.717, 1.165) is 17.8 Å². The second-order valence-corrected chi connectivity index (χ2v) is 4.09. The van der Waals surface area contributed by atoms with Crippen molar-refractivity contribution in [3.05, 3.63) is 53.9 Å². The molecule has 2 heterocycles. The molecule has 19 heavy (non-hydrogen) atoms. The zero-order valence-electron chi connectivity index (χ0n) is 9.85. The second-order valence-electron chi connectivity index (χ2n) is 4.09. The van der Waals surface area contributed by atoms with E-state index in [9.17, 15) is 8.78 Å². The summed E-state index contributed by atoms with van der Waals surface area (Å²) in [5.74, 6) is -1.77. The number of halogens is 2. The van der Waals surface area contributed by atoms with Gasteiger partial charge in [-0.15, -0.1) is 0 Å². The van der Waals surface area contributed by atoms with E-state index in [1.54, 1.807) is 22.8 Å². The van der Waals surface area contributed by atoms with Crippen LogP contribution in [0.15, 0.2) is 36.5 Å². The first-order chi connectivity index (χ1) is 9.17. The number of fused-ring (bicyclic) bond motifs is 1. The predicted octanol–water partition coefficient (Wildman–Crippen LogP) is 2.13. The quantitative estimate of drug-likeness (QED) is 0.768. The summed E-state index contributed by atoms with van der Waals surface area (Å²) in [7, 11) is 0. The Bertz CT molecular complexity index is 751. The van der Waals surface area contributed by atoms with Crippen LogP contribution in [0.25, 0.3) is 16.9 Å². The molecule has 0 spiro atoms. The van der Waals surface area contributed by atoms with Gasteiger partial charge >= 0.3 is 0 Å². The van der Waals surface area contributed by atoms with Gasteiger partial charge in [0.05, 0.1) is 17.6 Å². The maximum atomic E-state index is 13.2. The first-order valence-electron chi connectivity index (χ1n) is 5.68. The summed E-state index contributed by atoms with van der Waals surface area (Å²) in [6.45, 7) is 0.323. The molecule has 3 rings (SSSR count). The maximum absolute atomic E-state index is 13.2. The van der Waals surface area contributed by atoms with Crippen LogP contribution < -0.4 is 5.73 Å². The average molecular weight is 260 g/mol. The number of nitrogens with zero attached hydrogens (tertiary/aromatic N) is 3. The molecule has 2 N–H and O–H groups in total. The minimum absolute atomic E-state index is 0.323. The Balaban J connectivity index is 2.11. The third-order valence-corrected chi connectivity index (χ3v) is 2.79. The van der Waals surface area contributed by atoms with Gasteiger partial charge < -0.3 is 5.73 Å². The molecule has 0 radical (unpaired) electrons. The molecule has 0 atom stereocenters. The normalized spacial score (nSPS) is 11.1. The number of rotatable bonds is 2. The minimum atomic E-state index is -0.896. The molecule has 6 heteroatoms. The van der Waals surface area contributed by atoms with Crippen molar-refractivity contribution in [2.75, 3.05) is 0 Å². The van der Waals surface area contributed by atoms with Crippen LogP contribution in [0.2, 0.25) is 0 Å². The van der Waals surface area contributed by atoms with Gasteiger partial charge in [0.2, 0.25) is 0 Å². The second kappa shape index (κ2) is 4.40. The van der Waals surface area contributed by atoms with Gasteiger partial charge in [0, 0.05) is 12.1 Å². The van der Waals surface area contributed by atoms with Crippen LogP contribution in [0.1, 0.15) is 5.69 Å². The van der Waals surface area contributed by atoms with E-state index in [0.29, 0.717) is 23.4 Å². The van der Waals surface area contributed by atoms with E-state index in [1.165, 1.54) is 6.07 Å². The Hall–Kier alpha value is -2.34. The smallest absolute Gasteiger partial charge is 0.159 e. The molecule has 1 aromatic carbocycles. The largest absolute Gasteiger partial charge is 0.325 e. The van der Waals surface area contributed by atoms with Crippen molar-refractivity contribution in [2.24, 2.45) is 5.73 Å². The fourth-order valence-corrected chi connectivity index (χ4v) is 1.84. The predicted molar refractivity (Wildman–Crippen MR) is 66.2 cm³/mol. The minimum Gasteiger partial charge on any atom is -0.325 e. The Labute approximate surface area is 107 Å². The van der Waals surface area contributed by atoms with Crippen LogP contribution in [0.4, 0.5) is 8.78 Å². The summed E-state index contributed by atoms with van der Waals surface area (Å²) in [6.07, 6.45) is 1.71. The fourth-order valence-electron chi connectivity index (χ4n) is 1.84. The third-order valence-electron chi connectivity index (χ3n) is 2.79. The van der Waals surface area contributed by atoms with Crippen molar-refractivity contribution < 1.29 is 8.78 Å². The zero-order valence-corrected chi connectivity index (χ0v) is 9.85. The number of benzene rings is 1. The molecule has 3 aromatic rings. The van der Waals surface area contributed by atoms with Crippen LogP contribution in [0.3, 0.4) is 0 Å². The third kappa shape index (κ3) is 2.06. The molecule has 0 aliphatic carbocycles. The standard InChI is InChI=1S/C13H10F2N4/c14-10-2-1-8(5-11(10)15)12-3-4-13-17-9(6-16)7-19(13)18-12/h1-5,7H,6,16H2. The molecule has 0 aliphatic heterocycles. The van der Waals surface area contributed by atoms with E-state index in [2.05, 4.69) is 10.1 Å². The van der Waals surface area contributed by atoms with Crippen LogP contribution in [-0.2, 0) is 6.54 Å². The van der Waals surface area contributed by atoms with E-state index in [-0.39, 0.29) is 0 Å². The summed E-state index contributed by atoms with van der Waals surface area (Å²) in [5, 5.41) is 4.29. The van der Waals surface area contributed by atoms with Gasteiger partial charge in [-0.2, -0.15) is 5.10 Å². The summed E-state index contributed by atoms with van der Waals surface area (Å²) in [4.78, 5) is 4.24. The van der Waals surface area contributed by atoms with Gasteiger partial charge in [0.1, 0.15) is 0 Å². The summed E-state index contributed by atoms with van der Waals surface area (Å²) >= 11 is 0. The van der Waals surface area contributed by atoms with Crippen molar-refractivity contribution in [2.45, 2.75) is 6.54 Å². The van der Waals surface area contributed by atoms with Gasteiger partial charge in [-0.25, -0.2) is 18.3 Å². The highest BCUT2D eigenvalue weighted by molar-refractivity contribution is 5.60. The molecule has 0 saturated carbocycles. The van der Waals surface area contributed by atoms with E-state index >= 15 is 0 Å². The Morgan fingerprint density at radius 3 is 2.68 bits per heavy atom. The highest BCUT2D eigenvalue weighted by Crippen LogP contribution is 2.20. The highest BCUT2D eigenvalue weighted by Gasteiger charge is 2.07. The molecular weight excluding hydrogens is 250 g/mol. The molecule has 0 fully saturated rings. The number of nitrogens with two attached hydrogens (primary N) is 1. The first kappa shape index (κ1) is 11.7. The van der Waals surface area contributed by atoms with Crippen molar-refractivity contribution >= 4 is 5.65 Å². The molecule has 96 valence electrons. The van der Waals surface area contributed by atoms with Gasteiger partial charge in [-0.3, -0.25) is 0 Å². The van der Waals surface area contributed by atoms with E-state index < -0.39 is 11.6 Å². The van der Waals surface area contributed by atoms with Crippen molar-refractivity contribution in [3.63, 3.8) is 0 Å². The van der Waals surface area contributed by atoms with Gasteiger partial charge in [-0.05, 0) is 30.3 Å². The van der Waals surface area contributed by atoms with Crippen molar-refractivity contribution in [1.82, 2.24) is 14.6 Å². The summed E-state index contributed by atoms with van der Waals surface area (Å²) < 4.78 is 27.7. The van der Waals surface area contributed by atoms with Crippen molar-refractivity contribution in [1.29, 1.82) is 0 Å². The lowest BCUT2D eigenvalue weighted by Crippen LogP contribution is -1.95. The molecule has 0 amide bonds. The summed E-state index contributed by atoms with van der Waals surface area (Å²) in [6, 6.07) is 7.13. The highest BCUT2D eigenvalue weighted by atomic mass is 19.2. The van der Waals surface area contributed by atoms with Crippen LogP contribution in [0.5, 0.6) is 0 Å². The number of imidazole rings is 1. The molecule has 0 unspecified atom stereocenters. The first-order valence-corrected chi connectivity index (χ1v) is 5.68. The molecular formula is C13H10F2N4. The lowest BCUT2D eigenvalue weighted by atomic mass is 10.1. The van der Waals surface area contributed by atoms with Crippen LogP contribution >= 0.6 is 0 Å². The van der Waals surface area contributed by atoms with Crippen LogP contribution in [-0.4, -0.2) is 14.6 Å². The lowest BCUT2D eigenvalue weighted by molar-refractivity contribution is 0.509. The van der Waals surface area contributed by atoms with Gasteiger partial charge in [0.15, 0.2) is 17.3 Å². The average Bonchev–Trinajstić information content (AvgIpc) is 2.83. The molecule has 0 bridgehead atoms. The number of aromatic nitrogens is 3. The summed E-state index contributed by atoms with van der Waals surface area (Å²) in [5.41, 5.74) is 7.92. The SMILES string of the molecule is NCc1cn2nc(-c3ccc(F)c(F)c3)ccc2n1. The number of hydrogen-bond acceptors (Lipinski definition) is 3. The fraction of sp³-hybridized carbons (Fsp3) is 0.0769. The Morgan fingerprint density at radius 2 is 1.95 bits per heavy atom. The van der Waals surface area contributed by atoms with Gasteiger partial charge in [0.25, 0.3) is 0 Å². The Kier molecular flexibility index (Phi) is 2.72. The molecule has 0 saturated heterocycles. The molecule has 0 aliphatic rings. The topological polar surface area (TPSA) is 56.2 Å². The monoisotopic (exact) mass is 260 g/mol. The Morgan fingerprint density at radius 1 is 1.11 bits per heavy atom. The molecule has 2 aromatic heterocycles. The van der Waals surface area contributed by atoms with E-state index in [4.69, 9.17) is 5.73 Å². The zero-order chi connectivity index (χ0) is 13.4. The molecule has 4 nitrogen and oxygen atoms in total. The maximum Gasteiger partial charge on any atom is 0.159 e. The number of hydrogen-bond donors (Lipinski definition) is 1. The van der Waals surface area contributed by atoms with Crippen LogP contribution in [0, 0.1) is 11.6 Å².